The molecule has 5 heteroatoms. The number of halogens is 2. The number of thiophene rings is 1. The number of hydrogen-bond donors (Lipinski definition) is 0. The molecule has 0 aliphatic carbocycles. The zero-order valence-corrected chi connectivity index (χ0v) is 11.0. The molecule has 0 atom stereocenters. The van der Waals surface area contributed by atoms with Crippen molar-refractivity contribution in [3.63, 3.8) is 0 Å². The lowest BCUT2D eigenvalue weighted by atomic mass is 10.2. The van der Waals surface area contributed by atoms with Crippen LogP contribution in [0.15, 0.2) is 30.3 Å². The summed E-state index contributed by atoms with van der Waals surface area (Å²) in [5, 5.41) is 1.01. The van der Waals surface area contributed by atoms with Gasteiger partial charge in [0.1, 0.15) is 11.0 Å². The number of hydrogen-bond acceptors (Lipinski definition) is 3. The van der Waals surface area contributed by atoms with Crippen molar-refractivity contribution in [2.75, 3.05) is 0 Å². The van der Waals surface area contributed by atoms with Gasteiger partial charge in [-0.2, -0.15) is 0 Å². The number of rotatable bonds is 1. The topological polar surface area (TPSA) is 25.8 Å². The summed E-state index contributed by atoms with van der Waals surface area (Å²) in [6.45, 7) is 2.01. The summed E-state index contributed by atoms with van der Waals surface area (Å²) in [7, 11) is 0. The van der Waals surface area contributed by atoms with Gasteiger partial charge in [-0.3, -0.25) is 0 Å². The van der Waals surface area contributed by atoms with E-state index in [1.807, 2.05) is 19.1 Å². The van der Waals surface area contributed by atoms with E-state index in [1.54, 1.807) is 17.4 Å². The predicted octanol–water partition coefficient (Wildman–Crippen LogP) is 4.46. The molecule has 0 radical (unpaired) electrons. The van der Waals surface area contributed by atoms with Crippen molar-refractivity contribution in [1.29, 1.82) is 0 Å². The van der Waals surface area contributed by atoms with Crippen LogP contribution in [0.5, 0.6) is 0 Å². The molecule has 0 spiro atoms. The van der Waals surface area contributed by atoms with Gasteiger partial charge in [0.2, 0.25) is 0 Å². The predicted molar refractivity (Wildman–Crippen MR) is 72.6 cm³/mol. The molecule has 0 bridgehead atoms. The zero-order valence-electron chi connectivity index (χ0n) is 9.45. The largest absolute Gasteiger partial charge is 0.227 e. The van der Waals surface area contributed by atoms with E-state index in [4.69, 9.17) is 11.6 Å². The van der Waals surface area contributed by atoms with E-state index in [0.717, 1.165) is 4.88 Å². The van der Waals surface area contributed by atoms with Crippen LogP contribution in [-0.4, -0.2) is 9.97 Å². The number of fused-ring (bicyclic) bond motifs is 1. The molecule has 0 saturated carbocycles. The number of benzene rings is 1. The lowest BCUT2D eigenvalue weighted by molar-refractivity contribution is 0.629. The molecule has 0 N–H and O–H groups in total. The number of aromatic nitrogens is 2. The van der Waals surface area contributed by atoms with E-state index in [1.165, 1.54) is 17.0 Å². The molecule has 1 aromatic carbocycles. The Kier molecular flexibility index (Phi) is 2.76. The minimum Gasteiger partial charge on any atom is -0.227 e. The van der Waals surface area contributed by atoms with Crippen LogP contribution in [0.2, 0.25) is 5.15 Å². The molecule has 2 aromatic heterocycles. The molecule has 0 fully saturated rings. The normalized spacial score (nSPS) is 11.1. The van der Waals surface area contributed by atoms with Gasteiger partial charge < -0.3 is 0 Å². The first-order valence-electron chi connectivity index (χ1n) is 5.33. The van der Waals surface area contributed by atoms with E-state index in [9.17, 15) is 4.39 Å². The third-order valence-electron chi connectivity index (χ3n) is 2.57. The van der Waals surface area contributed by atoms with E-state index >= 15 is 0 Å². The van der Waals surface area contributed by atoms with Gasteiger partial charge in [0.15, 0.2) is 5.82 Å². The zero-order chi connectivity index (χ0) is 12.7. The van der Waals surface area contributed by atoms with Crippen molar-refractivity contribution in [3.8, 4) is 10.7 Å². The van der Waals surface area contributed by atoms with Crippen LogP contribution >= 0.6 is 22.9 Å². The molecular formula is C13H8ClFN2S. The summed E-state index contributed by atoms with van der Waals surface area (Å²) in [6, 6.07) is 8.25. The molecule has 18 heavy (non-hydrogen) atoms. The van der Waals surface area contributed by atoms with Gasteiger partial charge in [-0.25, -0.2) is 14.4 Å². The molecule has 90 valence electrons. The highest BCUT2D eigenvalue weighted by atomic mass is 35.5. The second-order valence-corrected chi connectivity index (χ2v) is 5.56. The monoisotopic (exact) mass is 278 g/mol. The minimum atomic E-state index is -0.328. The third kappa shape index (κ3) is 1.98. The van der Waals surface area contributed by atoms with Gasteiger partial charge in [0.05, 0.1) is 10.4 Å². The summed E-state index contributed by atoms with van der Waals surface area (Å²) < 4.78 is 13.2. The Morgan fingerprint density at radius 2 is 2.00 bits per heavy atom. The summed E-state index contributed by atoms with van der Waals surface area (Å²) >= 11 is 7.69. The van der Waals surface area contributed by atoms with Crippen LogP contribution in [0.1, 0.15) is 4.88 Å². The van der Waals surface area contributed by atoms with Crippen molar-refractivity contribution >= 4 is 33.8 Å². The summed E-state index contributed by atoms with van der Waals surface area (Å²) in [5.74, 6) is 0.210. The third-order valence-corrected chi connectivity index (χ3v) is 3.86. The second kappa shape index (κ2) is 4.30. The molecule has 0 aliphatic heterocycles. The summed E-state index contributed by atoms with van der Waals surface area (Å²) in [5.41, 5.74) is 0.524. The highest BCUT2D eigenvalue weighted by molar-refractivity contribution is 7.15. The van der Waals surface area contributed by atoms with E-state index < -0.39 is 0 Å². The standard InChI is InChI=1S/C13H8ClFN2S/c1-7-2-5-11(18-7)13-16-10-6-8(15)3-4-9(10)12(14)17-13/h2-6H,1H3. The SMILES string of the molecule is Cc1ccc(-c2nc(Cl)c3ccc(F)cc3n2)s1. The van der Waals surface area contributed by atoms with Crippen molar-refractivity contribution < 1.29 is 4.39 Å². The first-order valence-corrected chi connectivity index (χ1v) is 6.52. The lowest BCUT2D eigenvalue weighted by Crippen LogP contribution is -1.90. The van der Waals surface area contributed by atoms with E-state index in [-0.39, 0.29) is 5.82 Å². The van der Waals surface area contributed by atoms with E-state index in [2.05, 4.69) is 9.97 Å². The maximum atomic E-state index is 13.2. The van der Waals surface area contributed by atoms with Crippen LogP contribution < -0.4 is 0 Å². The van der Waals surface area contributed by atoms with Crippen molar-refractivity contribution in [3.05, 3.63) is 46.2 Å². The molecule has 0 unspecified atom stereocenters. The van der Waals surface area contributed by atoms with Gasteiger partial charge in [-0.15, -0.1) is 11.3 Å². The second-order valence-electron chi connectivity index (χ2n) is 3.91. The molecular weight excluding hydrogens is 271 g/mol. The van der Waals surface area contributed by atoms with Crippen LogP contribution in [-0.2, 0) is 0 Å². The highest BCUT2D eigenvalue weighted by Gasteiger charge is 2.10. The first kappa shape index (κ1) is 11.6. The van der Waals surface area contributed by atoms with Crippen molar-refractivity contribution in [2.45, 2.75) is 6.92 Å². The molecule has 2 nitrogen and oxygen atoms in total. The van der Waals surface area contributed by atoms with Crippen LogP contribution in [0.3, 0.4) is 0 Å². The quantitative estimate of drug-likeness (QED) is 0.614. The molecule has 2 heterocycles. The van der Waals surface area contributed by atoms with Crippen molar-refractivity contribution in [2.24, 2.45) is 0 Å². The van der Waals surface area contributed by atoms with E-state index in [0.29, 0.717) is 21.9 Å². The average Bonchev–Trinajstić information content (AvgIpc) is 2.75. The summed E-state index contributed by atoms with van der Waals surface area (Å²) in [4.78, 5) is 10.7. The summed E-state index contributed by atoms with van der Waals surface area (Å²) in [6.07, 6.45) is 0. The first-order chi connectivity index (χ1) is 8.63. The fourth-order valence-electron chi connectivity index (χ4n) is 1.73. The Bertz CT molecular complexity index is 739. The van der Waals surface area contributed by atoms with Gasteiger partial charge in [-0.1, -0.05) is 11.6 Å². The Morgan fingerprint density at radius 1 is 1.17 bits per heavy atom. The van der Waals surface area contributed by atoms with Crippen molar-refractivity contribution in [1.82, 2.24) is 9.97 Å². The number of aryl methyl sites for hydroxylation is 1. The average molecular weight is 279 g/mol. The Balaban J connectivity index is 2.26. The van der Waals surface area contributed by atoms with Gasteiger partial charge >= 0.3 is 0 Å². The molecule has 0 saturated heterocycles. The Morgan fingerprint density at radius 3 is 2.72 bits per heavy atom. The smallest absolute Gasteiger partial charge is 0.171 e. The van der Waals surface area contributed by atoms with Gasteiger partial charge in [-0.05, 0) is 31.2 Å². The van der Waals surface area contributed by atoms with Gasteiger partial charge in [0.25, 0.3) is 0 Å². The van der Waals surface area contributed by atoms with Crippen LogP contribution in [0, 0.1) is 12.7 Å². The molecule has 0 aliphatic rings. The van der Waals surface area contributed by atoms with Crippen LogP contribution in [0.4, 0.5) is 4.39 Å². The minimum absolute atomic E-state index is 0.328. The maximum Gasteiger partial charge on any atom is 0.171 e. The fourth-order valence-corrected chi connectivity index (χ4v) is 2.77. The Labute approximate surface area is 112 Å². The molecule has 3 rings (SSSR count). The van der Waals surface area contributed by atoms with Crippen LogP contribution in [0.25, 0.3) is 21.6 Å². The molecule has 3 aromatic rings. The molecule has 0 amide bonds. The lowest BCUT2D eigenvalue weighted by Gasteiger charge is -2.02. The fraction of sp³-hybridized carbons (Fsp3) is 0.0769. The Hall–Kier alpha value is -1.52. The maximum absolute atomic E-state index is 13.2. The van der Waals surface area contributed by atoms with Gasteiger partial charge in [0, 0.05) is 16.3 Å². The number of nitrogens with zero attached hydrogens (tertiary/aromatic N) is 2. The highest BCUT2D eigenvalue weighted by Crippen LogP contribution is 2.29.